The van der Waals surface area contributed by atoms with Crippen molar-refractivity contribution in [3.63, 3.8) is 0 Å². The first-order valence-electron chi connectivity index (χ1n) is 12.6. The molecular weight excluding hydrogens is 504 g/mol. The van der Waals surface area contributed by atoms with E-state index in [-0.39, 0.29) is 13.0 Å². The van der Waals surface area contributed by atoms with E-state index in [9.17, 15) is 19.5 Å². The number of nitrogens with one attached hydrogen (secondary N) is 2. The highest BCUT2D eigenvalue weighted by atomic mass is 28.3. The molecule has 0 aromatic heterocycles. The molecule has 1 atom stereocenters. The average molecular weight is 545 g/mol. The van der Waals surface area contributed by atoms with Crippen LogP contribution in [0.2, 0.25) is 25.7 Å². The lowest BCUT2D eigenvalue weighted by molar-refractivity contribution is -0.139. The highest BCUT2D eigenvalue weighted by Gasteiger charge is 2.27. The van der Waals surface area contributed by atoms with Crippen molar-refractivity contribution in [3.05, 3.63) is 59.2 Å². The molecule has 0 aliphatic rings. The Morgan fingerprint density at radius 1 is 1.00 bits per heavy atom. The van der Waals surface area contributed by atoms with Gasteiger partial charge in [0.05, 0.1) is 12.8 Å². The van der Waals surface area contributed by atoms with Crippen LogP contribution in [0.1, 0.15) is 37.5 Å². The van der Waals surface area contributed by atoms with Gasteiger partial charge in [-0.2, -0.15) is 0 Å². The summed E-state index contributed by atoms with van der Waals surface area (Å²) in [6.07, 6.45) is -0.882. The lowest BCUT2D eigenvalue weighted by Crippen LogP contribution is -2.42. The number of carbonyl (C=O) groups is 3. The molecule has 0 saturated heterocycles. The summed E-state index contributed by atoms with van der Waals surface area (Å²) >= 11 is 0. The Hall–Kier alpha value is -3.53. The quantitative estimate of drug-likeness (QED) is 0.303. The van der Waals surface area contributed by atoms with E-state index in [0.29, 0.717) is 23.4 Å². The summed E-state index contributed by atoms with van der Waals surface area (Å²) in [4.78, 5) is 37.2. The number of aliphatic carboxylic acids is 1. The fourth-order valence-electron chi connectivity index (χ4n) is 3.69. The molecule has 0 radical (unpaired) electrons. The second kappa shape index (κ2) is 13.3. The number of carboxylic acid groups (broad SMARTS) is 1. The third-order valence-corrected chi connectivity index (χ3v) is 7.32. The van der Waals surface area contributed by atoms with Crippen LogP contribution in [0.4, 0.5) is 15.3 Å². The summed E-state index contributed by atoms with van der Waals surface area (Å²) < 4.78 is 16.2. The predicted molar refractivity (Wildman–Crippen MR) is 150 cm³/mol. The molecule has 0 unspecified atom stereocenters. The maximum Gasteiger partial charge on any atom is 0.412 e. The lowest BCUT2D eigenvalue weighted by atomic mass is 9.96. The van der Waals surface area contributed by atoms with Crippen LogP contribution in [-0.2, 0) is 33.7 Å². The molecule has 9 nitrogen and oxygen atoms in total. The van der Waals surface area contributed by atoms with Gasteiger partial charge < -0.3 is 24.6 Å². The Morgan fingerprint density at radius 3 is 2.21 bits per heavy atom. The summed E-state index contributed by atoms with van der Waals surface area (Å²) in [6.45, 7) is 12.0. The molecule has 38 heavy (non-hydrogen) atoms. The Kier molecular flexibility index (Phi) is 10.8. The fraction of sp³-hybridized carbons (Fsp3) is 0.464. The van der Waals surface area contributed by atoms with Gasteiger partial charge in [-0.25, -0.2) is 14.4 Å². The molecule has 0 heterocycles. The third-order valence-electron chi connectivity index (χ3n) is 5.57. The van der Waals surface area contributed by atoms with Crippen LogP contribution < -0.4 is 15.4 Å². The Bertz CT molecular complexity index is 1110. The van der Waals surface area contributed by atoms with Crippen LogP contribution in [-0.4, -0.2) is 50.1 Å². The molecule has 0 fully saturated rings. The van der Waals surface area contributed by atoms with Gasteiger partial charge in [-0.15, -0.1) is 0 Å². The number of carboxylic acids is 1. The maximum absolute atomic E-state index is 12.7. The monoisotopic (exact) mass is 544 g/mol. The van der Waals surface area contributed by atoms with Gasteiger partial charge in [0.15, 0.2) is 0 Å². The van der Waals surface area contributed by atoms with Crippen molar-refractivity contribution in [2.75, 3.05) is 12.4 Å². The molecule has 0 bridgehead atoms. The predicted octanol–water partition coefficient (Wildman–Crippen LogP) is 5.85. The van der Waals surface area contributed by atoms with Gasteiger partial charge in [0.2, 0.25) is 0 Å². The largest absolute Gasteiger partial charge is 0.495 e. The number of anilines is 1. The topological polar surface area (TPSA) is 123 Å². The maximum atomic E-state index is 12.7. The summed E-state index contributed by atoms with van der Waals surface area (Å²) in [6, 6.07) is 12.2. The van der Waals surface area contributed by atoms with Crippen LogP contribution in [0.5, 0.6) is 5.75 Å². The van der Waals surface area contributed by atoms with Crippen molar-refractivity contribution in [2.24, 2.45) is 0 Å². The van der Waals surface area contributed by atoms with Crippen molar-refractivity contribution >= 4 is 31.9 Å². The number of methoxy groups -OCH3 is 1. The first-order chi connectivity index (χ1) is 17.7. The SMILES string of the molecule is COc1ccc(C[C@@H](NC(=O)OCc2ccccc2)C(=O)O)c(CC[Si](C)(C)C)c1NC(=O)OC(C)(C)C. The van der Waals surface area contributed by atoms with E-state index in [2.05, 4.69) is 30.3 Å². The van der Waals surface area contributed by atoms with Crippen LogP contribution in [0, 0.1) is 0 Å². The van der Waals surface area contributed by atoms with Crippen molar-refractivity contribution in [1.82, 2.24) is 5.32 Å². The van der Waals surface area contributed by atoms with E-state index < -0.39 is 37.9 Å². The Morgan fingerprint density at radius 2 is 1.66 bits per heavy atom. The van der Waals surface area contributed by atoms with Gasteiger partial charge in [-0.1, -0.05) is 62.1 Å². The average Bonchev–Trinajstić information content (AvgIpc) is 2.80. The van der Waals surface area contributed by atoms with E-state index in [1.54, 1.807) is 32.9 Å². The molecule has 3 N–H and O–H groups in total. The van der Waals surface area contributed by atoms with Gasteiger partial charge in [-0.3, -0.25) is 5.32 Å². The van der Waals surface area contributed by atoms with Crippen LogP contribution in [0.3, 0.4) is 0 Å². The van der Waals surface area contributed by atoms with Gasteiger partial charge in [0, 0.05) is 14.5 Å². The number of alkyl carbamates (subject to hydrolysis) is 1. The minimum atomic E-state index is -1.51. The molecule has 10 heteroatoms. The van der Waals surface area contributed by atoms with E-state index in [1.165, 1.54) is 7.11 Å². The van der Waals surface area contributed by atoms with Crippen LogP contribution >= 0.6 is 0 Å². The van der Waals surface area contributed by atoms with Gasteiger partial charge in [-0.05, 0) is 49.9 Å². The first kappa shape index (κ1) is 30.7. The second-order valence-corrected chi connectivity index (χ2v) is 16.9. The number of benzene rings is 2. The Balaban J connectivity index is 2.34. The zero-order chi connectivity index (χ0) is 28.5. The highest BCUT2D eigenvalue weighted by Crippen LogP contribution is 2.34. The molecule has 2 aromatic rings. The second-order valence-electron chi connectivity index (χ2n) is 11.3. The smallest absolute Gasteiger partial charge is 0.412 e. The molecule has 2 aromatic carbocycles. The third kappa shape index (κ3) is 10.4. The lowest BCUT2D eigenvalue weighted by Gasteiger charge is -2.25. The van der Waals surface area contributed by atoms with Crippen molar-refractivity contribution < 1.29 is 33.7 Å². The summed E-state index contributed by atoms with van der Waals surface area (Å²) in [5.74, 6) is -0.762. The fourth-order valence-corrected chi connectivity index (χ4v) is 4.69. The zero-order valence-corrected chi connectivity index (χ0v) is 24.3. The standard InChI is InChI=1S/C28H40N2O7Si/c1-28(2,3)37-27(34)30-24-21(15-16-38(5,6)7)20(13-14-23(24)35-4)17-22(25(31)32)29-26(33)36-18-19-11-9-8-10-12-19/h8-14,22H,15-18H2,1-7H3,(H,29,33)(H,30,34)(H,31,32)/t22-/m1/s1. The highest BCUT2D eigenvalue weighted by molar-refractivity contribution is 6.76. The molecule has 0 spiro atoms. The first-order valence-corrected chi connectivity index (χ1v) is 16.3. The van der Waals surface area contributed by atoms with Crippen molar-refractivity contribution in [1.29, 1.82) is 0 Å². The van der Waals surface area contributed by atoms with Crippen LogP contribution in [0.15, 0.2) is 42.5 Å². The van der Waals surface area contributed by atoms with E-state index in [4.69, 9.17) is 14.2 Å². The normalized spacial score (nSPS) is 12.3. The minimum absolute atomic E-state index is 0.0101. The molecular formula is C28H40N2O7Si. The van der Waals surface area contributed by atoms with Crippen LogP contribution in [0.25, 0.3) is 0 Å². The van der Waals surface area contributed by atoms with Crippen molar-refractivity contribution in [2.45, 2.75) is 77.5 Å². The van der Waals surface area contributed by atoms with Gasteiger partial charge in [0.1, 0.15) is 24.0 Å². The minimum Gasteiger partial charge on any atom is -0.495 e. The molecule has 2 amide bonds. The number of rotatable bonds is 11. The zero-order valence-electron chi connectivity index (χ0n) is 23.3. The molecule has 208 valence electrons. The number of amides is 2. The Labute approximate surface area is 225 Å². The van der Waals surface area contributed by atoms with E-state index in [0.717, 1.165) is 17.2 Å². The molecule has 2 rings (SSSR count). The molecule has 0 saturated carbocycles. The van der Waals surface area contributed by atoms with Crippen molar-refractivity contribution in [3.8, 4) is 5.75 Å². The van der Waals surface area contributed by atoms with Gasteiger partial charge in [0.25, 0.3) is 0 Å². The summed E-state index contributed by atoms with van der Waals surface area (Å²) in [5, 5.41) is 15.2. The van der Waals surface area contributed by atoms with E-state index >= 15 is 0 Å². The van der Waals surface area contributed by atoms with E-state index in [1.807, 2.05) is 30.3 Å². The summed E-state index contributed by atoms with van der Waals surface area (Å²) in [7, 11) is -0.0115. The van der Waals surface area contributed by atoms with Gasteiger partial charge >= 0.3 is 18.2 Å². The number of ether oxygens (including phenoxy) is 3. The number of hydrogen-bond donors (Lipinski definition) is 3. The molecule has 0 aliphatic carbocycles. The number of hydrogen-bond acceptors (Lipinski definition) is 6. The summed E-state index contributed by atoms with van der Waals surface area (Å²) in [5.41, 5.74) is 1.95. The number of carbonyl (C=O) groups excluding carboxylic acids is 2. The molecule has 0 aliphatic heterocycles.